The van der Waals surface area contributed by atoms with Crippen LogP contribution in [-0.4, -0.2) is 23.5 Å². The van der Waals surface area contributed by atoms with Gasteiger partial charge in [0.05, 0.1) is 22.3 Å². The SMILES string of the molecule is CCCC(=O)NCC1Cc2cc(C)cc(-c3nc4ccccc4s3)c2O1. The quantitative estimate of drug-likeness (QED) is 0.724. The predicted octanol–water partition coefficient (Wildman–Crippen LogP) is 4.49. The zero-order valence-electron chi connectivity index (χ0n) is 15.0. The molecule has 1 aliphatic rings. The lowest BCUT2D eigenvalue weighted by atomic mass is 10.0. The van der Waals surface area contributed by atoms with Crippen molar-refractivity contribution in [3.05, 3.63) is 47.5 Å². The van der Waals surface area contributed by atoms with E-state index in [1.54, 1.807) is 11.3 Å². The zero-order chi connectivity index (χ0) is 18.1. The third kappa shape index (κ3) is 3.31. The van der Waals surface area contributed by atoms with E-state index in [4.69, 9.17) is 9.72 Å². The van der Waals surface area contributed by atoms with Crippen LogP contribution in [0, 0.1) is 6.92 Å². The largest absolute Gasteiger partial charge is 0.487 e. The maximum absolute atomic E-state index is 11.7. The van der Waals surface area contributed by atoms with Crippen LogP contribution in [0.3, 0.4) is 0 Å². The summed E-state index contributed by atoms with van der Waals surface area (Å²) >= 11 is 1.69. The number of carbonyl (C=O) groups is 1. The van der Waals surface area contributed by atoms with Gasteiger partial charge >= 0.3 is 0 Å². The Labute approximate surface area is 157 Å². The Balaban J connectivity index is 1.61. The molecule has 1 aliphatic heterocycles. The summed E-state index contributed by atoms with van der Waals surface area (Å²) in [5, 5.41) is 3.97. The Bertz CT molecular complexity index is 931. The van der Waals surface area contributed by atoms with Gasteiger partial charge in [0.1, 0.15) is 16.9 Å². The number of amides is 1. The van der Waals surface area contributed by atoms with Gasteiger partial charge in [-0.2, -0.15) is 0 Å². The molecule has 5 heteroatoms. The average molecular weight is 366 g/mol. The summed E-state index contributed by atoms with van der Waals surface area (Å²) in [5.74, 6) is 1.01. The van der Waals surface area contributed by atoms with Crippen LogP contribution in [0.5, 0.6) is 5.75 Å². The predicted molar refractivity (Wildman–Crippen MR) is 106 cm³/mol. The molecule has 3 aromatic rings. The van der Waals surface area contributed by atoms with Gasteiger partial charge in [-0.3, -0.25) is 4.79 Å². The second kappa shape index (κ2) is 7.08. The van der Waals surface area contributed by atoms with E-state index in [-0.39, 0.29) is 12.0 Å². The van der Waals surface area contributed by atoms with E-state index in [1.165, 1.54) is 15.8 Å². The third-order valence-corrected chi connectivity index (χ3v) is 5.64. The van der Waals surface area contributed by atoms with Gasteiger partial charge in [0, 0.05) is 12.8 Å². The number of para-hydroxylation sites is 1. The van der Waals surface area contributed by atoms with Crippen molar-refractivity contribution in [2.24, 2.45) is 0 Å². The van der Waals surface area contributed by atoms with E-state index in [0.29, 0.717) is 13.0 Å². The first-order valence-corrected chi connectivity index (χ1v) is 9.88. The normalized spacial score (nSPS) is 15.7. The molecule has 0 spiro atoms. The minimum Gasteiger partial charge on any atom is -0.487 e. The second-order valence-electron chi connectivity index (χ2n) is 6.79. The van der Waals surface area contributed by atoms with Gasteiger partial charge in [-0.1, -0.05) is 25.1 Å². The number of aromatic nitrogens is 1. The van der Waals surface area contributed by atoms with Crippen LogP contribution in [0.4, 0.5) is 0 Å². The number of nitrogens with one attached hydrogen (secondary N) is 1. The summed E-state index contributed by atoms with van der Waals surface area (Å²) in [5.41, 5.74) is 4.49. The maximum atomic E-state index is 11.7. The van der Waals surface area contributed by atoms with Crippen LogP contribution in [0.25, 0.3) is 20.8 Å². The fourth-order valence-electron chi connectivity index (χ4n) is 3.40. The molecule has 2 heterocycles. The van der Waals surface area contributed by atoms with Crippen molar-refractivity contribution in [3.63, 3.8) is 0 Å². The molecule has 0 radical (unpaired) electrons. The highest BCUT2D eigenvalue weighted by Crippen LogP contribution is 2.42. The summed E-state index contributed by atoms with van der Waals surface area (Å²) in [7, 11) is 0. The van der Waals surface area contributed by atoms with Crippen LogP contribution in [0.15, 0.2) is 36.4 Å². The Morgan fingerprint density at radius 1 is 1.35 bits per heavy atom. The number of carbonyl (C=O) groups excluding carboxylic acids is 1. The minimum atomic E-state index is -0.0132. The monoisotopic (exact) mass is 366 g/mol. The molecule has 4 rings (SSSR count). The van der Waals surface area contributed by atoms with Crippen LogP contribution in [0.1, 0.15) is 30.9 Å². The van der Waals surface area contributed by atoms with E-state index in [9.17, 15) is 4.79 Å². The van der Waals surface area contributed by atoms with Gasteiger partial charge in [0.15, 0.2) is 0 Å². The minimum absolute atomic E-state index is 0.0132. The van der Waals surface area contributed by atoms with Crippen molar-refractivity contribution < 1.29 is 9.53 Å². The van der Waals surface area contributed by atoms with Gasteiger partial charge in [-0.25, -0.2) is 4.98 Å². The highest BCUT2D eigenvalue weighted by atomic mass is 32.1. The third-order valence-electron chi connectivity index (χ3n) is 4.57. The summed E-state index contributed by atoms with van der Waals surface area (Å²) in [6.07, 6.45) is 2.23. The smallest absolute Gasteiger partial charge is 0.220 e. The van der Waals surface area contributed by atoms with Crippen molar-refractivity contribution in [3.8, 4) is 16.3 Å². The molecule has 1 unspecified atom stereocenters. The van der Waals surface area contributed by atoms with Crippen LogP contribution in [-0.2, 0) is 11.2 Å². The number of nitrogens with zero attached hydrogens (tertiary/aromatic N) is 1. The molecule has 26 heavy (non-hydrogen) atoms. The lowest BCUT2D eigenvalue weighted by Gasteiger charge is -2.13. The second-order valence-corrected chi connectivity index (χ2v) is 7.82. The Hall–Kier alpha value is -2.40. The lowest BCUT2D eigenvalue weighted by molar-refractivity contribution is -0.121. The van der Waals surface area contributed by atoms with E-state index < -0.39 is 0 Å². The molecular weight excluding hydrogens is 344 g/mol. The van der Waals surface area contributed by atoms with Crippen molar-refractivity contribution in [1.82, 2.24) is 10.3 Å². The topological polar surface area (TPSA) is 51.2 Å². The first kappa shape index (κ1) is 17.0. The summed E-state index contributed by atoms with van der Waals surface area (Å²) in [6.45, 7) is 4.66. The number of thiazole rings is 1. The van der Waals surface area contributed by atoms with Gasteiger partial charge < -0.3 is 10.1 Å². The standard InChI is InChI=1S/C21H22N2O2S/c1-3-6-19(24)22-12-15-11-14-9-13(2)10-16(20(14)25-15)21-23-17-7-4-5-8-18(17)26-21/h4-5,7-10,15H,3,6,11-12H2,1-2H3,(H,22,24). The van der Waals surface area contributed by atoms with Crippen molar-refractivity contribution in [2.45, 2.75) is 39.2 Å². The van der Waals surface area contributed by atoms with Crippen LogP contribution in [0.2, 0.25) is 0 Å². The molecule has 0 saturated carbocycles. The van der Waals surface area contributed by atoms with Gasteiger partial charge in [0.25, 0.3) is 0 Å². The zero-order valence-corrected chi connectivity index (χ0v) is 15.9. The number of hydrogen-bond donors (Lipinski definition) is 1. The highest BCUT2D eigenvalue weighted by molar-refractivity contribution is 7.21. The highest BCUT2D eigenvalue weighted by Gasteiger charge is 2.27. The molecule has 0 fully saturated rings. The number of aryl methyl sites for hydroxylation is 1. The number of fused-ring (bicyclic) bond motifs is 2. The molecule has 1 N–H and O–H groups in total. The van der Waals surface area contributed by atoms with Crippen LogP contribution >= 0.6 is 11.3 Å². The molecule has 2 aromatic carbocycles. The van der Waals surface area contributed by atoms with E-state index in [2.05, 4.69) is 30.4 Å². The molecular formula is C21H22N2O2S. The molecule has 1 amide bonds. The fraction of sp³-hybridized carbons (Fsp3) is 0.333. The van der Waals surface area contributed by atoms with E-state index >= 15 is 0 Å². The Kier molecular flexibility index (Phi) is 4.64. The molecule has 1 aromatic heterocycles. The number of rotatable bonds is 5. The first-order valence-electron chi connectivity index (χ1n) is 9.07. The van der Waals surface area contributed by atoms with Gasteiger partial charge in [0.2, 0.25) is 5.91 Å². The molecule has 0 aliphatic carbocycles. The molecule has 4 nitrogen and oxygen atoms in total. The fourth-order valence-corrected chi connectivity index (χ4v) is 4.37. The van der Waals surface area contributed by atoms with E-state index in [1.807, 2.05) is 25.1 Å². The van der Waals surface area contributed by atoms with Crippen molar-refractivity contribution in [1.29, 1.82) is 0 Å². The van der Waals surface area contributed by atoms with Gasteiger partial charge in [-0.05, 0) is 42.7 Å². The number of ether oxygens (including phenoxy) is 1. The van der Waals surface area contributed by atoms with Crippen molar-refractivity contribution >= 4 is 27.5 Å². The molecule has 134 valence electrons. The molecule has 0 saturated heterocycles. The summed E-state index contributed by atoms with van der Waals surface area (Å²) in [6, 6.07) is 12.5. The van der Waals surface area contributed by atoms with Gasteiger partial charge in [-0.15, -0.1) is 11.3 Å². The Morgan fingerprint density at radius 2 is 2.19 bits per heavy atom. The summed E-state index contributed by atoms with van der Waals surface area (Å²) in [4.78, 5) is 16.5. The lowest BCUT2D eigenvalue weighted by Crippen LogP contribution is -2.34. The van der Waals surface area contributed by atoms with Crippen molar-refractivity contribution in [2.75, 3.05) is 6.54 Å². The first-order chi connectivity index (χ1) is 12.6. The molecule has 1 atom stereocenters. The average Bonchev–Trinajstić information content (AvgIpc) is 3.23. The Morgan fingerprint density at radius 3 is 3.00 bits per heavy atom. The maximum Gasteiger partial charge on any atom is 0.220 e. The van der Waals surface area contributed by atoms with Crippen LogP contribution < -0.4 is 10.1 Å². The number of hydrogen-bond acceptors (Lipinski definition) is 4. The number of benzene rings is 2. The molecule has 0 bridgehead atoms. The summed E-state index contributed by atoms with van der Waals surface area (Å²) < 4.78 is 7.40. The van der Waals surface area contributed by atoms with E-state index in [0.717, 1.165) is 34.7 Å².